The highest BCUT2D eigenvalue weighted by molar-refractivity contribution is 7.89. The molecule has 1 unspecified atom stereocenters. The summed E-state index contributed by atoms with van der Waals surface area (Å²) in [7, 11) is -3.69. The number of benzene rings is 2. The molecule has 0 N–H and O–H groups in total. The zero-order valence-corrected chi connectivity index (χ0v) is 16.5. The molecule has 6 heteroatoms. The lowest BCUT2D eigenvalue weighted by Crippen LogP contribution is -2.57. The van der Waals surface area contributed by atoms with Gasteiger partial charge >= 0.3 is 0 Å². The van der Waals surface area contributed by atoms with Crippen molar-refractivity contribution in [1.29, 1.82) is 0 Å². The van der Waals surface area contributed by atoms with Crippen LogP contribution in [0.5, 0.6) is 0 Å². The quantitative estimate of drug-likeness (QED) is 0.818. The smallest absolute Gasteiger partial charge is 0.245 e. The Kier molecular flexibility index (Phi) is 4.56. The molecule has 1 amide bonds. The Morgan fingerprint density at radius 3 is 2.41 bits per heavy atom. The van der Waals surface area contributed by atoms with E-state index in [1.807, 2.05) is 13.0 Å². The number of aryl methyl sites for hydroxylation is 3. The highest BCUT2D eigenvalue weighted by Crippen LogP contribution is 2.30. The van der Waals surface area contributed by atoms with Crippen LogP contribution in [0.1, 0.15) is 30.0 Å². The van der Waals surface area contributed by atoms with Crippen molar-refractivity contribution >= 4 is 21.6 Å². The average molecular weight is 385 g/mol. The van der Waals surface area contributed by atoms with E-state index >= 15 is 0 Å². The second-order valence-electron chi connectivity index (χ2n) is 7.40. The number of fused-ring (bicyclic) bond motifs is 1. The van der Waals surface area contributed by atoms with Gasteiger partial charge in [-0.2, -0.15) is 4.31 Å². The molecule has 2 aromatic rings. The Labute approximate surface area is 160 Å². The topological polar surface area (TPSA) is 57.7 Å². The van der Waals surface area contributed by atoms with Crippen LogP contribution in [-0.2, 0) is 27.7 Å². The maximum absolute atomic E-state index is 13.0. The standard InChI is InChI=1S/C21H24N2O3S/c1-15-6-10-20(11-7-15)27(25,26)23-13-12-22(21(24)16(23)2)19-9-8-17-4-3-5-18(17)14-19/h6-11,14,16H,3-5,12-13H2,1-2H3. The lowest BCUT2D eigenvalue weighted by Gasteiger charge is -2.38. The van der Waals surface area contributed by atoms with Crippen LogP contribution < -0.4 is 4.90 Å². The second kappa shape index (κ2) is 6.77. The van der Waals surface area contributed by atoms with Gasteiger partial charge in [0.15, 0.2) is 0 Å². The maximum Gasteiger partial charge on any atom is 0.245 e. The zero-order chi connectivity index (χ0) is 19.2. The van der Waals surface area contributed by atoms with Crippen molar-refractivity contribution in [3.63, 3.8) is 0 Å². The molecule has 2 aromatic carbocycles. The minimum atomic E-state index is -3.69. The van der Waals surface area contributed by atoms with Crippen LogP contribution in [-0.4, -0.2) is 37.8 Å². The molecular weight excluding hydrogens is 360 g/mol. The van der Waals surface area contributed by atoms with Gasteiger partial charge in [0.2, 0.25) is 15.9 Å². The number of anilines is 1. The van der Waals surface area contributed by atoms with Crippen LogP contribution in [0.4, 0.5) is 5.69 Å². The summed E-state index contributed by atoms with van der Waals surface area (Å²) in [5.41, 5.74) is 4.54. The maximum atomic E-state index is 13.0. The van der Waals surface area contributed by atoms with Gasteiger partial charge < -0.3 is 4.90 Å². The number of rotatable bonds is 3. The highest BCUT2D eigenvalue weighted by Gasteiger charge is 2.39. The van der Waals surface area contributed by atoms with Crippen LogP contribution in [0, 0.1) is 6.92 Å². The summed E-state index contributed by atoms with van der Waals surface area (Å²) >= 11 is 0. The van der Waals surface area contributed by atoms with Crippen LogP contribution in [0.3, 0.4) is 0 Å². The molecule has 1 saturated heterocycles. The number of carbonyl (C=O) groups is 1. The average Bonchev–Trinajstić information content (AvgIpc) is 3.12. The van der Waals surface area contributed by atoms with E-state index in [2.05, 4.69) is 12.1 Å². The monoisotopic (exact) mass is 384 g/mol. The Balaban J connectivity index is 1.59. The van der Waals surface area contributed by atoms with Gasteiger partial charge in [0.25, 0.3) is 0 Å². The molecule has 142 valence electrons. The van der Waals surface area contributed by atoms with Crippen LogP contribution in [0.15, 0.2) is 47.4 Å². The van der Waals surface area contributed by atoms with Crippen molar-refractivity contribution < 1.29 is 13.2 Å². The van der Waals surface area contributed by atoms with E-state index in [-0.39, 0.29) is 10.8 Å². The minimum absolute atomic E-state index is 0.171. The van der Waals surface area contributed by atoms with E-state index in [1.54, 1.807) is 36.1 Å². The highest BCUT2D eigenvalue weighted by atomic mass is 32.2. The molecule has 1 aliphatic carbocycles. The van der Waals surface area contributed by atoms with E-state index in [0.29, 0.717) is 13.1 Å². The summed E-state index contributed by atoms with van der Waals surface area (Å²) in [5.74, 6) is -0.171. The number of piperazine rings is 1. The summed E-state index contributed by atoms with van der Waals surface area (Å²) in [5, 5.41) is 0. The molecule has 27 heavy (non-hydrogen) atoms. The first kappa shape index (κ1) is 18.2. The van der Waals surface area contributed by atoms with E-state index in [0.717, 1.165) is 30.5 Å². The normalized spacial score (nSPS) is 20.7. The van der Waals surface area contributed by atoms with Gasteiger partial charge in [-0.05, 0) is 68.5 Å². The lowest BCUT2D eigenvalue weighted by molar-refractivity contribution is -0.123. The number of sulfonamides is 1. The van der Waals surface area contributed by atoms with Gasteiger partial charge in [-0.1, -0.05) is 23.8 Å². The molecule has 2 aliphatic rings. The minimum Gasteiger partial charge on any atom is -0.310 e. The molecule has 0 spiro atoms. The molecular formula is C21H24N2O3S. The Hall–Kier alpha value is -2.18. The number of amides is 1. The molecule has 0 radical (unpaired) electrons. The predicted octanol–water partition coefficient (Wildman–Crippen LogP) is 2.91. The number of hydrogen-bond donors (Lipinski definition) is 0. The van der Waals surface area contributed by atoms with Crippen LogP contribution in [0.2, 0.25) is 0 Å². The van der Waals surface area contributed by atoms with Gasteiger partial charge in [-0.25, -0.2) is 8.42 Å². The summed E-state index contributed by atoms with van der Waals surface area (Å²) in [6.45, 7) is 4.25. The van der Waals surface area contributed by atoms with E-state index in [4.69, 9.17) is 0 Å². The van der Waals surface area contributed by atoms with Crippen molar-refractivity contribution in [2.24, 2.45) is 0 Å². The molecule has 1 atom stereocenters. The van der Waals surface area contributed by atoms with E-state index in [9.17, 15) is 13.2 Å². The summed E-state index contributed by atoms with van der Waals surface area (Å²) in [6, 6.07) is 12.2. The van der Waals surface area contributed by atoms with Crippen molar-refractivity contribution in [2.75, 3.05) is 18.0 Å². The largest absolute Gasteiger partial charge is 0.310 e. The fourth-order valence-corrected chi connectivity index (χ4v) is 5.59. The number of nitrogens with zero attached hydrogens (tertiary/aromatic N) is 2. The first-order chi connectivity index (χ1) is 12.9. The third-order valence-corrected chi connectivity index (χ3v) is 7.60. The second-order valence-corrected chi connectivity index (χ2v) is 9.29. The number of hydrogen-bond acceptors (Lipinski definition) is 3. The Morgan fingerprint density at radius 1 is 0.963 bits per heavy atom. The molecule has 5 nitrogen and oxygen atoms in total. The summed E-state index contributed by atoms with van der Waals surface area (Å²) < 4.78 is 27.3. The van der Waals surface area contributed by atoms with E-state index in [1.165, 1.54) is 15.4 Å². The fourth-order valence-electron chi connectivity index (χ4n) is 4.01. The number of carbonyl (C=O) groups excluding carboxylic acids is 1. The molecule has 0 saturated carbocycles. The Morgan fingerprint density at radius 2 is 1.67 bits per heavy atom. The molecule has 1 fully saturated rings. The molecule has 0 bridgehead atoms. The molecule has 1 heterocycles. The van der Waals surface area contributed by atoms with Crippen molar-refractivity contribution in [3.05, 3.63) is 59.2 Å². The summed E-state index contributed by atoms with van der Waals surface area (Å²) in [6.07, 6.45) is 3.31. The zero-order valence-electron chi connectivity index (χ0n) is 15.7. The fraction of sp³-hybridized carbons (Fsp3) is 0.381. The van der Waals surface area contributed by atoms with Crippen molar-refractivity contribution in [2.45, 2.75) is 44.0 Å². The Bertz CT molecular complexity index is 983. The lowest BCUT2D eigenvalue weighted by atomic mass is 10.1. The van der Waals surface area contributed by atoms with E-state index < -0.39 is 16.1 Å². The van der Waals surface area contributed by atoms with Crippen molar-refractivity contribution in [1.82, 2.24) is 4.31 Å². The first-order valence-electron chi connectivity index (χ1n) is 9.39. The van der Waals surface area contributed by atoms with Gasteiger partial charge in [0.05, 0.1) is 4.90 Å². The predicted molar refractivity (Wildman–Crippen MR) is 105 cm³/mol. The molecule has 1 aliphatic heterocycles. The van der Waals surface area contributed by atoms with Crippen molar-refractivity contribution in [3.8, 4) is 0 Å². The first-order valence-corrected chi connectivity index (χ1v) is 10.8. The summed E-state index contributed by atoms with van der Waals surface area (Å²) in [4.78, 5) is 14.9. The van der Waals surface area contributed by atoms with Crippen LogP contribution >= 0.6 is 0 Å². The van der Waals surface area contributed by atoms with Gasteiger partial charge in [-0.15, -0.1) is 0 Å². The van der Waals surface area contributed by atoms with Gasteiger partial charge in [0, 0.05) is 18.8 Å². The SMILES string of the molecule is Cc1ccc(S(=O)(=O)N2CCN(c3ccc4c(c3)CCC4)C(=O)C2C)cc1. The van der Waals surface area contributed by atoms with Gasteiger partial charge in [0.1, 0.15) is 6.04 Å². The molecule has 4 rings (SSSR count). The third-order valence-electron chi connectivity index (χ3n) is 5.62. The third kappa shape index (κ3) is 3.17. The molecule has 0 aromatic heterocycles. The van der Waals surface area contributed by atoms with Crippen LogP contribution in [0.25, 0.3) is 0 Å². The van der Waals surface area contributed by atoms with Gasteiger partial charge in [-0.3, -0.25) is 4.79 Å².